The highest BCUT2D eigenvalue weighted by Crippen LogP contribution is 2.25. The van der Waals surface area contributed by atoms with Crippen LogP contribution in [-0.2, 0) is 30.6 Å². The molecule has 2 aromatic rings. The van der Waals surface area contributed by atoms with Gasteiger partial charge >= 0.3 is 5.97 Å². The van der Waals surface area contributed by atoms with Gasteiger partial charge in [0.05, 0.1) is 16.4 Å². The van der Waals surface area contributed by atoms with E-state index in [1.54, 1.807) is 41.5 Å². The number of hydrogen-bond donors (Lipinski definition) is 1. The first-order chi connectivity index (χ1) is 16.1. The molecule has 1 amide bonds. The Morgan fingerprint density at radius 3 is 2.20 bits per heavy atom. The number of sulfone groups is 1. The zero-order chi connectivity index (χ0) is 26.4. The molecule has 0 radical (unpaired) electrons. The minimum atomic E-state index is -3.59. The minimum Gasteiger partial charge on any atom is -0.458 e. The predicted octanol–water partition coefficient (Wildman–Crippen LogP) is 5.23. The summed E-state index contributed by atoms with van der Waals surface area (Å²) in [6.07, 6.45) is 2.27. The van der Waals surface area contributed by atoms with E-state index in [0.717, 1.165) is 29.2 Å². The maximum atomic E-state index is 13.5. The van der Waals surface area contributed by atoms with Crippen LogP contribution in [0.1, 0.15) is 73.3 Å². The summed E-state index contributed by atoms with van der Waals surface area (Å²) in [5, 5.41) is 4.85. The second-order valence-electron chi connectivity index (χ2n) is 11.2. The lowest BCUT2D eigenvalue weighted by molar-refractivity contribution is -0.159. The van der Waals surface area contributed by atoms with Crippen LogP contribution in [0.15, 0.2) is 42.5 Å². The highest BCUT2D eigenvalue weighted by Gasteiger charge is 2.36. The van der Waals surface area contributed by atoms with Gasteiger partial charge in [0.1, 0.15) is 11.6 Å². The number of hydrogen-bond acceptors (Lipinski definition) is 5. The van der Waals surface area contributed by atoms with Crippen LogP contribution in [0.25, 0.3) is 10.8 Å². The fourth-order valence-electron chi connectivity index (χ4n) is 3.80. The molecule has 1 N–H and O–H groups in total. The molecule has 194 valence electrons. The largest absolute Gasteiger partial charge is 0.458 e. The van der Waals surface area contributed by atoms with Crippen molar-refractivity contribution >= 4 is 32.5 Å². The molecule has 0 heterocycles. The second-order valence-corrected chi connectivity index (χ2v) is 14.0. The fraction of sp³-hybridized carbons (Fsp3) is 0.571. The zero-order valence-corrected chi connectivity index (χ0v) is 23.0. The Labute approximate surface area is 210 Å². The van der Waals surface area contributed by atoms with Gasteiger partial charge in [-0.2, -0.15) is 0 Å². The van der Waals surface area contributed by atoms with Crippen LogP contribution in [0.5, 0.6) is 0 Å². The monoisotopic (exact) mass is 503 g/mol. The van der Waals surface area contributed by atoms with E-state index >= 15 is 0 Å². The van der Waals surface area contributed by atoms with Crippen molar-refractivity contribution in [2.45, 2.75) is 90.5 Å². The number of unbranched alkanes of at least 4 members (excludes halogenated alkanes) is 1. The average Bonchev–Trinajstić information content (AvgIpc) is 2.74. The molecule has 0 aliphatic carbocycles. The highest BCUT2D eigenvalue weighted by molar-refractivity contribution is 7.92. The van der Waals surface area contributed by atoms with Crippen LogP contribution < -0.4 is 5.32 Å². The number of amides is 1. The van der Waals surface area contributed by atoms with Crippen molar-refractivity contribution in [3.63, 3.8) is 0 Å². The van der Waals surface area contributed by atoms with E-state index in [1.807, 2.05) is 49.4 Å². The Morgan fingerprint density at radius 2 is 1.60 bits per heavy atom. The van der Waals surface area contributed by atoms with E-state index in [-0.39, 0.29) is 12.2 Å². The zero-order valence-electron chi connectivity index (χ0n) is 22.2. The van der Waals surface area contributed by atoms with Crippen molar-refractivity contribution in [1.82, 2.24) is 5.32 Å². The summed E-state index contributed by atoms with van der Waals surface area (Å²) in [5.74, 6) is -2.10. The van der Waals surface area contributed by atoms with Gasteiger partial charge in [-0.25, -0.2) is 13.2 Å². The molecule has 6 nitrogen and oxygen atoms in total. The number of carbonyl (C=O) groups is 2. The van der Waals surface area contributed by atoms with Gasteiger partial charge in [0.15, 0.2) is 9.84 Å². The number of esters is 1. The summed E-state index contributed by atoms with van der Waals surface area (Å²) in [4.78, 5) is 26.4. The maximum absolute atomic E-state index is 13.5. The Morgan fingerprint density at radius 1 is 0.971 bits per heavy atom. The van der Waals surface area contributed by atoms with Gasteiger partial charge in [-0.05, 0) is 70.7 Å². The third-order valence-corrected chi connectivity index (χ3v) is 8.63. The number of fused-ring (bicyclic) bond motifs is 1. The number of benzene rings is 2. The lowest BCUT2D eigenvalue weighted by Gasteiger charge is -2.27. The Bertz CT molecular complexity index is 1120. The molecule has 2 aromatic carbocycles. The molecule has 7 heteroatoms. The molecule has 2 rings (SSSR count). The smallest absolute Gasteiger partial charge is 0.329 e. The third-order valence-electron chi connectivity index (χ3n) is 5.92. The van der Waals surface area contributed by atoms with Gasteiger partial charge in [0.25, 0.3) is 0 Å². The van der Waals surface area contributed by atoms with Gasteiger partial charge in [0, 0.05) is 0 Å². The van der Waals surface area contributed by atoms with Crippen molar-refractivity contribution in [2.75, 3.05) is 5.75 Å². The van der Waals surface area contributed by atoms with Gasteiger partial charge in [-0.1, -0.05) is 62.2 Å². The molecule has 0 aliphatic heterocycles. The van der Waals surface area contributed by atoms with E-state index in [0.29, 0.717) is 6.42 Å². The number of nitrogens with one attached hydrogen (secondary N) is 1. The average molecular weight is 504 g/mol. The van der Waals surface area contributed by atoms with E-state index in [2.05, 4.69) is 5.32 Å². The number of rotatable bonds is 10. The maximum Gasteiger partial charge on any atom is 0.329 e. The Hall–Kier alpha value is -2.41. The van der Waals surface area contributed by atoms with Gasteiger partial charge in [-0.15, -0.1) is 0 Å². The third kappa shape index (κ3) is 8.34. The summed E-state index contributed by atoms with van der Waals surface area (Å²) in [6.45, 7) is 12.3. The first-order valence-electron chi connectivity index (χ1n) is 12.4. The van der Waals surface area contributed by atoms with E-state index < -0.39 is 44.0 Å². The summed E-state index contributed by atoms with van der Waals surface area (Å²) in [6, 6.07) is 12.8. The van der Waals surface area contributed by atoms with Crippen LogP contribution >= 0.6 is 0 Å². The highest BCUT2D eigenvalue weighted by atomic mass is 32.2. The minimum absolute atomic E-state index is 0.247. The second kappa shape index (κ2) is 11.5. The Balaban J connectivity index is 2.40. The number of ether oxygens (including phenoxy) is 1. The van der Waals surface area contributed by atoms with Crippen molar-refractivity contribution in [3.8, 4) is 0 Å². The quantitative estimate of drug-likeness (QED) is 0.449. The number of carbonyl (C=O) groups excluding carboxylic acids is 2. The molecule has 0 aromatic heterocycles. The summed E-state index contributed by atoms with van der Waals surface area (Å²) < 4.78 is 30.8. The van der Waals surface area contributed by atoms with E-state index in [4.69, 9.17) is 4.74 Å². The van der Waals surface area contributed by atoms with E-state index in [9.17, 15) is 18.0 Å². The van der Waals surface area contributed by atoms with Gasteiger partial charge < -0.3 is 10.1 Å². The van der Waals surface area contributed by atoms with Gasteiger partial charge in [-0.3, -0.25) is 4.79 Å². The lowest BCUT2D eigenvalue weighted by atomic mass is 9.95. The standard InChI is InChI=1S/C28H41NO5S/c1-8-9-17-24(26(31)34-27(2,3)4)29-25(30)22(19-35(32,33)28(5,6)7)18-21-15-12-14-20-13-10-11-16-23(20)21/h10-16,22,24H,8-9,17-19H2,1-7H3,(H,29,30)/t22-,24+/m1/s1. The molecule has 0 fully saturated rings. The molecule has 35 heavy (non-hydrogen) atoms. The molecule has 0 unspecified atom stereocenters. The van der Waals surface area contributed by atoms with Crippen molar-refractivity contribution < 1.29 is 22.7 Å². The van der Waals surface area contributed by atoms with Crippen molar-refractivity contribution in [1.29, 1.82) is 0 Å². The summed E-state index contributed by atoms with van der Waals surface area (Å²) >= 11 is 0. The molecular formula is C28H41NO5S. The van der Waals surface area contributed by atoms with Crippen LogP contribution in [-0.4, -0.2) is 42.4 Å². The first kappa shape index (κ1) is 28.8. The molecule has 0 aliphatic rings. The normalized spacial score (nSPS) is 14.4. The predicted molar refractivity (Wildman–Crippen MR) is 142 cm³/mol. The lowest BCUT2D eigenvalue weighted by Crippen LogP contribution is -2.48. The van der Waals surface area contributed by atoms with Crippen LogP contribution in [0.3, 0.4) is 0 Å². The SMILES string of the molecule is CCCC[C@H](NC(=O)[C@H](Cc1cccc2ccccc12)CS(=O)(=O)C(C)(C)C)C(=O)OC(C)(C)C. The van der Waals surface area contributed by atoms with Crippen LogP contribution in [0, 0.1) is 5.92 Å². The molecule has 2 atom stereocenters. The molecule has 0 saturated heterocycles. The van der Waals surface area contributed by atoms with Crippen LogP contribution in [0.4, 0.5) is 0 Å². The molecule has 0 spiro atoms. The van der Waals surface area contributed by atoms with E-state index in [1.165, 1.54) is 0 Å². The molecule has 0 saturated carbocycles. The summed E-state index contributed by atoms with van der Waals surface area (Å²) in [5.41, 5.74) is 0.208. The van der Waals surface area contributed by atoms with Gasteiger partial charge in [0.2, 0.25) is 5.91 Å². The van der Waals surface area contributed by atoms with Crippen molar-refractivity contribution in [3.05, 3.63) is 48.0 Å². The molecule has 0 bridgehead atoms. The fourth-order valence-corrected chi connectivity index (χ4v) is 5.10. The molecular weight excluding hydrogens is 462 g/mol. The van der Waals surface area contributed by atoms with Crippen LogP contribution in [0.2, 0.25) is 0 Å². The van der Waals surface area contributed by atoms with Crippen molar-refractivity contribution in [2.24, 2.45) is 5.92 Å². The Kier molecular flexibility index (Phi) is 9.51. The first-order valence-corrected chi connectivity index (χ1v) is 14.0. The summed E-state index contributed by atoms with van der Waals surface area (Å²) in [7, 11) is -3.59. The topological polar surface area (TPSA) is 89.5 Å².